The van der Waals surface area contributed by atoms with E-state index in [-0.39, 0.29) is 18.0 Å². The smallest absolute Gasteiger partial charge is 0.308 e. The maximum absolute atomic E-state index is 11.6. The summed E-state index contributed by atoms with van der Waals surface area (Å²) in [6.45, 7) is 0. The highest BCUT2D eigenvalue weighted by Gasteiger charge is 2.50. The Balaban J connectivity index is 1.72. The van der Waals surface area contributed by atoms with Gasteiger partial charge in [0.15, 0.2) is 0 Å². The number of fused-ring (bicyclic) bond motifs is 3. The van der Waals surface area contributed by atoms with Crippen LogP contribution in [0, 0.1) is 5.92 Å². The molecule has 3 aromatic rings. The van der Waals surface area contributed by atoms with E-state index in [4.69, 9.17) is 28.2 Å². The number of aromatic nitrogens is 3. The highest BCUT2D eigenvalue weighted by molar-refractivity contribution is 6.45. The van der Waals surface area contributed by atoms with E-state index in [1.807, 2.05) is 22.9 Å². The van der Waals surface area contributed by atoms with Crippen LogP contribution in [0.15, 0.2) is 36.9 Å². The van der Waals surface area contributed by atoms with E-state index < -0.39 is 5.97 Å². The molecule has 1 aromatic carbocycles. The molecular weight excluding hydrogens is 387 g/mol. The summed E-state index contributed by atoms with van der Waals surface area (Å²) in [6, 6.07) is 5.80. The maximum Gasteiger partial charge on any atom is 0.308 e. The average molecular weight is 403 g/mol. The van der Waals surface area contributed by atoms with Crippen LogP contribution in [0.5, 0.6) is 0 Å². The lowest BCUT2D eigenvalue weighted by Gasteiger charge is -2.25. The summed E-state index contributed by atoms with van der Waals surface area (Å²) in [4.78, 5) is 22.7. The number of rotatable bonds is 3. The van der Waals surface area contributed by atoms with Crippen molar-refractivity contribution < 1.29 is 9.90 Å². The molecule has 2 aliphatic rings. The van der Waals surface area contributed by atoms with Crippen molar-refractivity contribution in [1.29, 1.82) is 0 Å². The van der Waals surface area contributed by atoms with Gasteiger partial charge in [0.05, 0.1) is 33.5 Å². The van der Waals surface area contributed by atoms with Gasteiger partial charge in [-0.15, -0.1) is 0 Å². The fourth-order valence-electron chi connectivity index (χ4n) is 4.56. The lowest BCUT2D eigenvalue weighted by Crippen LogP contribution is -2.33. The Morgan fingerprint density at radius 3 is 2.81 bits per heavy atom. The van der Waals surface area contributed by atoms with Gasteiger partial charge in [0.25, 0.3) is 0 Å². The molecule has 5 rings (SSSR count). The number of carboxylic acids is 1. The van der Waals surface area contributed by atoms with Gasteiger partial charge < -0.3 is 14.6 Å². The fraction of sp³-hybridized carbons (Fsp3) is 0.316. The minimum Gasteiger partial charge on any atom is -0.481 e. The number of imidazole rings is 1. The fourth-order valence-corrected chi connectivity index (χ4v) is 4.92. The van der Waals surface area contributed by atoms with Crippen molar-refractivity contribution in [2.75, 3.05) is 4.90 Å². The van der Waals surface area contributed by atoms with Crippen LogP contribution in [0.25, 0.3) is 16.6 Å². The van der Waals surface area contributed by atoms with Crippen LogP contribution in [0.3, 0.4) is 0 Å². The Hall–Kier alpha value is -2.31. The second kappa shape index (κ2) is 6.11. The molecule has 0 aliphatic carbocycles. The van der Waals surface area contributed by atoms with Crippen LogP contribution in [0.1, 0.15) is 19.3 Å². The van der Waals surface area contributed by atoms with Gasteiger partial charge in [-0.25, -0.2) is 9.97 Å². The van der Waals surface area contributed by atoms with Crippen molar-refractivity contribution >= 4 is 45.9 Å². The quantitative estimate of drug-likeness (QED) is 0.711. The molecule has 0 saturated carbocycles. The molecule has 0 amide bonds. The van der Waals surface area contributed by atoms with Crippen LogP contribution >= 0.6 is 23.2 Å². The van der Waals surface area contributed by atoms with Gasteiger partial charge in [-0.1, -0.05) is 23.2 Å². The summed E-state index contributed by atoms with van der Waals surface area (Å²) in [5.74, 6) is -0.344. The van der Waals surface area contributed by atoms with Gasteiger partial charge in [0.1, 0.15) is 5.82 Å². The molecule has 8 heteroatoms. The molecule has 3 unspecified atom stereocenters. The van der Waals surface area contributed by atoms with E-state index in [1.54, 1.807) is 18.6 Å². The van der Waals surface area contributed by atoms with Gasteiger partial charge in [-0.05, 0) is 31.4 Å². The van der Waals surface area contributed by atoms with E-state index in [0.717, 1.165) is 29.7 Å². The molecule has 6 nitrogen and oxygen atoms in total. The first kappa shape index (κ1) is 16.8. The van der Waals surface area contributed by atoms with Crippen molar-refractivity contribution in [2.24, 2.45) is 5.92 Å². The Kier molecular flexibility index (Phi) is 3.81. The molecule has 2 aliphatic heterocycles. The van der Waals surface area contributed by atoms with Gasteiger partial charge in [0, 0.05) is 35.9 Å². The molecule has 2 bridgehead atoms. The van der Waals surface area contributed by atoms with E-state index in [2.05, 4.69) is 9.88 Å². The van der Waals surface area contributed by atoms with Crippen molar-refractivity contribution in [1.82, 2.24) is 14.5 Å². The number of pyridine rings is 1. The first-order valence-electron chi connectivity index (χ1n) is 8.83. The molecule has 3 atom stereocenters. The minimum atomic E-state index is -0.733. The number of hydrogen-bond donors (Lipinski definition) is 1. The highest BCUT2D eigenvalue weighted by Crippen LogP contribution is 2.45. The number of nitrogens with zero attached hydrogens (tertiary/aromatic N) is 4. The lowest BCUT2D eigenvalue weighted by molar-refractivity contribution is -0.142. The van der Waals surface area contributed by atoms with E-state index in [0.29, 0.717) is 22.0 Å². The van der Waals surface area contributed by atoms with Crippen LogP contribution < -0.4 is 4.90 Å². The van der Waals surface area contributed by atoms with Crippen molar-refractivity contribution in [2.45, 2.75) is 31.3 Å². The number of aliphatic carboxylic acids is 1. The zero-order valence-corrected chi connectivity index (χ0v) is 15.7. The third kappa shape index (κ3) is 2.51. The molecule has 4 heterocycles. The highest BCUT2D eigenvalue weighted by atomic mass is 35.5. The summed E-state index contributed by atoms with van der Waals surface area (Å²) in [7, 11) is 0. The Labute approximate surface area is 165 Å². The average Bonchev–Trinajstić information content (AvgIpc) is 3.40. The van der Waals surface area contributed by atoms with Crippen molar-refractivity contribution in [3.8, 4) is 5.69 Å². The van der Waals surface area contributed by atoms with Crippen LogP contribution in [-0.4, -0.2) is 37.7 Å². The number of halogens is 2. The molecule has 1 N–H and O–H groups in total. The normalized spacial score (nSPS) is 24.1. The third-order valence-electron chi connectivity index (χ3n) is 5.74. The second-order valence-corrected chi connectivity index (χ2v) is 7.90. The largest absolute Gasteiger partial charge is 0.481 e. The van der Waals surface area contributed by atoms with E-state index >= 15 is 0 Å². The molecular formula is C19H16Cl2N4O2. The van der Waals surface area contributed by atoms with E-state index in [1.165, 1.54) is 0 Å². The second-order valence-electron chi connectivity index (χ2n) is 7.11. The lowest BCUT2D eigenvalue weighted by atomic mass is 9.89. The molecule has 0 radical (unpaired) electrons. The molecule has 2 fully saturated rings. The Bertz CT molecular complexity index is 1050. The Morgan fingerprint density at radius 1 is 1.26 bits per heavy atom. The molecule has 138 valence electrons. The summed E-state index contributed by atoms with van der Waals surface area (Å²) in [5, 5.41) is 11.3. The van der Waals surface area contributed by atoms with Gasteiger partial charge >= 0.3 is 5.97 Å². The first-order chi connectivity index (χ1) is 13.0. The molecule has 0 spiro atoms. The number of hydrogen-bond acceptors (Lipinski definition) is 4. The van der Waals surface area contributed by atoms with Crippen LogP contribution in [0.2, 0.25) is 10.0 Å². The summed E-state index contributed by atoms with van der Waals surface area (Å²) in [5.41, 5.74) is 1.51. The predicted molar refractivity (Wildman–Crippen MR) is 104 cm³/mol. The molecule has 2 aromatic heterocycles. The SMILES string of the molecule is O=C(O)C1CC2CCC1N2c1cc(-n2ccnc2)c2ccc(Cl)c(Cl)c2n1. The summed E-state index contributed by atoms with van der Waals surface area (Å²) < 4.78 is 1.91. The van der Waals surface area contributed by atoms with Gasteiger partial charge in [-0.3, -0.25) is 4.79 Å². The predicted octanol–water partition coefficient (Wildman–Crippen LogP) is 4.17. The zero-order valence-electron chi connectivity index (χ0n) is 14.2. The number of carboxylic acid groups (broad SMARTS) is 1. The van der Waals surface area contributed by atoms with Crippen molar-refractivity contribution in [3.05, 3.63) is 47.0 Å². The van der Waals surface area contributed by atoms with Crippen molar-refractivity contribution in [3.63, 3.8) is 0 Å². The van der Waals surface area contributed by atoms with Gasteiger partial charge in [0.2, 0.25) is 0 Å². The number of benzene rings is 1. The monoisotopic (exact) mass is 402 g/mol. The summed E-state index contributed by atoms with van der Waals surface area (Å²) in [6.07, 6.45) is 7.80. The third-order valence-corrected chi connectivity index (χ3v) is 6.53. The van der Waals surface area contributed by atoms with Gasteiger partial charge in [-0.2, -0.15) is 0 Å². The standard InChI is InChI=1S/C19H16Cl2N4O2/c20-13-3-2-11-15(24-6-5-22-9-24)8-16(23-18(11)17(13)21)25-10-1-4-14(25)12(7-10)19(26)27/h2-3,5-6,8-10,12,14H,1,4,7H2,(H,26,27). The summed E-state index contributed by atoms with van der Waals surface area (Å²) >= 11 is 12.7. The van der Waals surface area contributed by atoms with Crippen LogP contribution in [-0.2, 0) is 4.79 Å². The maximum atomic E-state index is 11.6. The topological polar surface area (TPSA) is 71.2 Å². The number of carbonyl (C=O) groups is 1. The van der Waals surface area contributed by atoms with E-state index in [9.17, 15) is 9.90 Å². The Morgan fingerprint density at radius 2 is 2.11 bits per heavy atom. The zero-order chi connectivity index (χ0) is 18.7. The molecule has 2 saturated heterocycles. The first-order valence-corrected chi connectivity index (χ1v) is 9.58. The van der Waals surface area contributed by atoms with Crippen LogP contribution in [0.4, 0.5) is 5.82 Å². The molecule has 27 heavy (non-hydrogen) atoms. The number of anilines is 1. The minimum absolute atomic E-state index is 0.0361.